The number of aromatic amines is 1. The first-order valence-electron chi connectivity index (χ1n) is 3.34. The standard InChI is InChI=1S/C6H6N4SSe/c1-2-6(11-3-1)12-4-5-7-9-10-8-5/h1-3H,4H2,(H,7,8,9,10). The maximum atomic E-state index is 3.89. The van der Waals surface area contributed by atoms with Gasteiger partial charge >= 0.3 is 79.3 Å². The third-order valence-electron chi connectivity index (χ3n) is 1.23. The summed E-state index contributed by atoms with van der Waals surface area (Å²) in [5.41, 5.74) is 0. The fraction of sp³-hybridized carbons (Fsp3) is 0.167. The fourth-order valence-corrected chi connectivity index (χ4v) is 3.52. The fourth-order valence-electron chi connectivity index (χ4n) is 0.725. The molecule has 0 aromatic carbocycles. The number of nitrogens with one attached hydrogen (secondary N) is 1. The first-order valence-corrected chi connectivity index (χ1v) is 6.28. The predicted molar refractivity (Wildman–Crippen MR) is 47.6 cm³/mol. The van der Waals surface area contributed by atoms with Crippen LogP contribution >= 0.6 is 11.3 Å². The van der Waals surface area contributed by atoms with Gasteiger partial charge in [0, 0.05) is 0 Å². The van der Waals surface area contributed by atoms with E-state index in [4.69, 9.17) is 0 Å². The monoisotopic (exact) mass is 246 g/mol. The van der Waals surface area contributed by atoms with E-state index in [9.17, 15) is 0 Å². The van der Waals surface area contributed by atoms with E-state index in [0.717, 1.165) is 11.1 Å². The van der Waals surface area contributed by atoms with Crippen LogP contribution in [-0.2, 0) is 5.32 Å². The van der Waals surface area contributed by atoms with Gasteiger partial charge in [-0.3, -0.25) is 0 Å². The van der Waals surface area contributed by atoms with Crippen molar-refractivity contribution in [3.63, 3.8) is 0 Å². The second-order valence-electron chi connectivity index (χ2n) is 2.05. The van der Waals surface area contributed by atoms with Crippen molar-refractivity contribution in [3.8, 4) is 0 Å². The Hall–Kier alpha value is -0.711. The second kappa shape index (κ2) is 3.80. The number of nitrogens with zero attached hydrogens (tertiary/aromatic N) is 3. The van der Waals surface area contributed by atoms with E-state index in [-0.39, 0.29) is 0 Å². The molecule has 0 saturated carbocycles. The number of thiophene rings is 1. The van der Waals surface area contributed by atoms with Gasteiger partial charge in [0.15, 0.2) is 0 Å². The molecule has 0 aliphatic carbocycles. The summed E-state index contributed by atoms with van der Waals surface area (Å²) in [5.74, 6) is 0.809. The van der Waals surface area contributed by atoms with Crippen LogP contribution < -0.4 is 3.78 Å². The Bertz CT molecular complexity index is 283. The van der Waals surface area contributed by atoms with E-state index in [1.807, 2.05) is 0 Å². The molecular formula is C6H6N4SSe. The Kier molecular flexibility index (Phi) is 2.50. The van der Waals surface area contributed by atoms with Crippen molar-refractivity contribution < 1.29 is 0 Å². The molecule has 0 bridgehead atoms. The third kappa shape index (κ3) is 1.91. The molecule has 2 aromatic rings. The van der Waals surface area contributed by atoms with Gasteiger partial charge in [0.25, 0.3) is 0 Å². The molecule has 0 unspecified atom stereocenters. The average molecular weight is 245 g/mol. The minimum absolute atomic E-state index is 0.456. The molecule has 1 N–H and O–H groups in total. The molecular weight excluding hydrogens is 239 g/mol. The summed E-state index contributed by atoms with van der Waals surface area (Å²) in [6, 6.07) is 4.21. The van der Waals surface area contributed by atoms with Crippen molar-refractivity contribution in [1.29, 1.82) is 0 Å². The quantitative estimate of drug-likeness (QED) is 0.761. The number of hydrogen-bond acceptors (Lipinski definition) is 4. The molecule has 6 heteroatoms. The number of tetrazole rings is 1. The van der Waals surface area contributed by atoms with Crippen LogP contribution in [-0.4, -0.2) is 35.6 Å². The minimum atomic E-state index is 0.456. The van der Waals surface area contributed by atoms with Crippen LogP contribution in [0.3, 0.4) is 0 Å². The van der Waals surface area contributed by atoms with Gasteiger partial charge in [-0.1, -0.05) is 0 Å². The van der Waals surface area contributed by atoms with Crippen molar-refractivity contribution in [2.24, 2.45) is 0 Å². The molecule has 4 nitrogen and oxygen atoms in total. The van der Waals surface area contributed by atoms with Crippen molar-refractivity contribution in [2.75, 3.05) is 0 Å². The number of H-pyrrole nitrogens is 1. The summed E-state index contributed by atoms with van der Waals surface area (Å²) < 4.78 is 1.42. The number of aromatic nitrogens is 4. The van der Waals surface area contributed by atoms with Crippen molar-refractivity contribution >= 4 is 30.1 Å². The van der Waals surface area contributed by atoms with E-state index < -0.39 is 0 Å². The van der Waals surface area contributed by atoms with Crippen LogP contribution in [0.15, 0.2) is 17.5 Å². The second-order valence-corrected chi connectivity index (χ2v) is 5.71. The van der Waals surface area contributed by atoms with Crippen LogP contribution in [0.2, 0.25) is 0 Å². The van der Waals surface area contributed by atoms with Gasteiger partial charge < -0.3 is 0 Å². The zero-order valence-electron chi connectivity index (χ0n) is 6.10. The first kappa shape index (κ1) is 7.91. The Morgan fingerprint density at radius 2 is 2.58 bits per heavy atom. The van der Waals surface area contributed by atoms with Gasteiger partial charge in [0.1, 0.15) is 0 Å². The van der Waals surface area contributed by atoms with Crippen molar-refractivity contribution in [3.05, 3.63) is 23.3 Å². The molecule has 0 aliphatic rings. The summed E-state index contributed by atoms with van der Waals surface area (Å²) in [6.07, 6.45) is 0. The number of rotatable bonds is 3. The summed E-state index contributed by atoms with van der Waals surface area (Å²) in [6.45, 7) is 0. The summed E-state index contributed by atoms with van der Waals surface area (Å²) in [4.78, 5) is 0. The summed E-state index contributed by atoms with van der Waals surface area (Å²) >= 11 is 2.24. The molecule has 0 atom stereocenters. The molecule has 12 heavy (non-hydrogen) atoms. The molecule has 2 rings (SSSR count). The molecule has 0 saturated heterocycles. The topological polar surface area (TPSA) is 54.5 Å². The maximum absolute atomic E-state index is 3.89. The molecule has 0 amide bonds. The van der Waals surface area contributed by atoms with Crippen LogP contribution in [0.4, 0.5) is 0 Å². The Labute approximate surface area is 79.5 Å². The van der Waals surface area contributed by atoms with Crippen molar-refractivity contribution in [2.45, 2.75) is 5.32 Å². The van der Waals surface area contributed by atoms with Crippen LogP contribution in [0.25, 0.3) is 0 Å². The first-order chi connectivity index (χ1) is 5.95. The summed E-state index contributed by atoms with van der Waals surface area (Å²) in [7, 11) is 0. The predicted octanol–water partition coefficient (Wildman–Crippen LogP) is -0.209. The Morgan fingerprint density at radius 1 is 1.58 bits per heavy atom. The third-order valence-corrected chi connectivity index (χ3v) is 4.83. The molecule has 0 fully saturated rings. The van der Waals surface area contributed by atoms with Gasteiger partial charge in [0.2, 0.25) is 0 Å². The average Bonchev–Trinajstić information content (AvgIpc) is 2.74. The Morgan fingerprint density at radius 3 is 3.25 bits per heavy atom. The van der Waals surface area contributed by atoms with Gasteiger partial charge in [-0.25, -0.2) is 0 Å². The molecule has 2 heterocycles. The number of hydrogen-bond donors (Lipinski definition) is 1. The zero-order chi connectivity index (χ0) is 8.23. The normalized spacial score (nSPS) is 10.3. The van der Waals surface area contributed by atoms with Gasteiger partial charge in [-0.15, -0.1) is 0 Å². The van der Waals surface area contributed by atoms with E-state index in [2.05, 4.69) is 38.1 Å². The molecule has 2 aromatic heterocycles. The van der Waals surface area contributed by atoms with E-state index in [1.54, 1.807) is 11.3 Å². The zero-order valence-corrected chi connectivity index (χ0v) is 8.63. The van der Waals surface area contributed by atoms with Gasteiger partial charge in [0.05, 0.1) is 0 Å². The van der Waals surface area contributed by atoms with E-state index in [1.165, 1.54) is 3.78 Å². The molecule has 0 aliphatic heterocycles. The van der Waals surface area contributed by atoms with E-state index in [0.29, 0.717) is 15.0 Å². The van der Waals surface area contributed by atoms with E-state index >= 15 is 0 Å². The van der Waals surface area contributed by atoms with Gasteiger partial charge in [-0.05, 0) is 0 Å². The van der Waals surface area contributed by atoms with Crippen LogP contribution in [0.1, 0.15) is 5.82 Å². The van der Waals surface area contributed by atoms with Crippen LogP contribution in [0.5, 0.6) is 0 Å². The molecule has 0 radical (unpaired) electrons. The van der Waals surface area contributed by atoms with Crippen LogP contribution in [0, 0.1) is 0 Å². The Balaban J connectivity index is 1.91. The molecule has 62 valence electrons. The molecule has 0 spiro atoms. The SMILES string of the molecule is c1csc([Se]Cc2nn[nH]n2)c1. The van der Waals surface area contributed by atoms with Crippen molar-refractivity contribution in [1.82, 2.24) is 20.6 Å². The van der Waals surface area contributed by atoms with Gasteiger partial charge in [-0.2, -0.15) is 0 Å². The summed E-state index contributed by atoms with van der Waals surface area (Å²) in [5, 5.41) is 16.7.